The summed E-state index contributed by atoms with van der Waals surface area (Å²) in [6.07, 6.45) is 2.47. The topological polar surface area (TPSA) is 137 Å². The van der Waals surface area contributed by atoms with Crippen LogP contribution in [0.2, 0.25) is 0 Å². The molecule has 3 rings (SSSR count). The van der Waals surface area contributed by atoms with Crippen molar-refractivity contribution in [3.63, 3.8) is 0 Å². The van der Waals surface area contributed by atoms with Crippen LogP contribution >= 0.6 is 0 Å². The maximum Gasteiger partial charge on any atom is 0.257 e. The minimum atomic E-state index is -3.63. The van der Waals surface area contributed by atoms with Gasteiger partial charge in [0, 0.05) is 29.9 Å². The van der Waals surface area contributed by atoms with Gasteiger partial charge in [0.15, 0.2) is 0 Å². The first-order chi connectivity index (χ1) is 13.6. The standard InChI is InChI=1S/C19H18N4O5S/c1-11(24)21-14-4-6-17(23-29(2,27)28)16(10-14)19(26)22-13-3-5-15-12(9-13)7-8-20-18(15)25/h3-10,23H,1-2H3,(H,20,25)(H,21,24)(H,22,26). The predicted molar refractivity (Wildman–Crippen MR) is 112 cm³/mol. The van der Waals surface area contributed by atoms with Gasteiger partial charge in [-0.05, 0) is 47.9 Å². The monoisotopic (exact) mass is 414 g/mol. The lowest BCUT2D eigenvalue weighted by atomic mass is 10.1. The van der Waals surface area contributed by atoms with Gasteiger partial charge >= 0.3 is 0 Å². The lowest BCUT2D eigenvalue weighted by Gasteiger charge is -2.13. The zero-order chi connectivity index (χ0) is 21.2. The van der Waals surface area contributed by atoms with Gasteiger partial charge in [-0.2, -0.15) is 0 Å². The van der Waals surface area contributed by atoms with Crippen molar-refractivity contribution in [2.24, 2.45) is 0 Å². The number of sulfonamides is 1. The Morgan fingerprint density at radius 1 is 0.966 bits per heavy atom. The number of pyridine rings is 1. The van der Waals surface area contributed by atoms with Gasteiger partial charge in [-0.1, -0.05) is 0 Å². The number of fused-ring (bicyclic) bond motifs is 1. The van der Waals surface area contributed by atoms with Crippen molar-refractivity contribution in [3.05, 3.63) is 64.6 Å². The maximum atomic E-state index is 12.8. The molecule has 0 aliphatic carbocycles. The molecule has 4 N–H and O–H groups in total. The molecule has 0 unspecified atom stereocenters. The van der Waals surface area contributed by atoms with Crippen LogP contribution in [0.1, 0.15) is 17.3 Å². The van der Waals surface area contributed by atoms with E-state index < -0.39 is 15.9 Å². The summed E-state index contributed by atoms with van der Waals surface area (Å²) in [6.45, 7) is 1.32. The summed E-state index contributed by atoms with van der Waals surface area (Å²) < 4.78 is 25.5. The molecule has 3 aromatic rings. The highest BCUT2D eigenvalue weighted by Gasteiger charge is 2.16. The van der Waals surface area contributed by atoms with Crippen LogP contribution in [0.15, 0.2) is 53.5 Å². The fraction of sp³-hybridized carbons (Fsp3) is 0.105. The first kappa shape index (κ1) is 20.1. The highest BCUT2D eigenvalue weighted by atomic mass is 32.2. The molecule has 10 heteroatoms. The first-order valence-corrected chi connectivity index (χ1v) is 10.3. The summed E-state index contributed by atoms with van der Waals surface area (Å²) in [7, 11) is -3.63. The van der Waals surface area contributed by atoms with Crippen LogP contribution in [0.4, 0.5) is 17.1 Å². The van der Waals surface area contributed by atoms with Crippen LogP contribution in [0, 0.1) is 0 Å². The van der Waals surface area contributed by atoms with E-state index >= 15 is 0 Å². The van der Waals surface area contributed by atoms with Gasteiger partial charge in [0.1, 0.15) is 0 Å². The smallest absolute Gasteiger partial charge is 0.257 e. The molecule has 0 atom stereocenters. The highest BCUT2D eigenvalue weighted by Crippen LogP contribution is 2.24. The van der Waals surface area contributed by atoms with E-state index in [1.54, 1.807) is 24.3 Å². The Hall–Kier alpha value is -3.66. The van der Waals surface area contributed by atoms with Crippen molar-refractivity contribution in [3.8, 4) is 0 Å². The van der Waals surface area contributed by atoms with E-state index in [4.69, 9.17) is 0 Å². The predicted octanol–water partition coefficient (Wildman–Crippen LogP) is 2.11. The molecular weight excluding hydrogens is 396 g/mol. The first-order valence-electron chi connectivity index (χ1n) is 8.44. The number of nitrogens with one attached hydrogen (secondary N) is 4. The number of aromatic nitrogens is 1. The van der Waals surface area contributed by atoms with Crippen molar-refractivity contribution >= 4 is 49.7 Å². The Balaban J connectivity index is 1.97. The number of aromatic amines is 1. The molecule has 29 heavy (non-hydrogen) atoms. The summed E-state index contributed by atoms with van der Waals surface area (Å²) in [5.74, 6) is -0.924. The molecule has 1 heterocycles. The number of carbonyl (C=O) groups excluding carboxylic acids is 2. The van der Waals surface area contributed by atoms with Crippen LogP contribution in [0.5, 0.6) is 0 Å². The number of benzene rings is 2. The maximum absolute atomic E-state index is 12.8. The fourth-order valence-corrected chi connectivity index (χ4v) is 3.35. The molecule has 0 saturated heterocycles. The second-order valence-electron chi connectivity index (χ2n) is 6.38. The highest BCUT2D eigenvalue weighted by molar-refractivity contribution is 7.92. The van der Waals surface area contributed by atoms with Crippen LogP contribution < -0.4 is 20.9 Å². The number of hydrogen-bond donors (Lipinski definition) is 4. The van der Waals surface area contributed by atoms with Gasteiger partial charge in [-0.25, -0.2) is 8.42 Å². The molecule has 9 nitrogen and oxygen atoms in total. The van der Waals surface area contributed by atoms with Crippen molar-refractivity contribution < 1.29 is 18.0 Å². The third kappa shape index (κ3) is 4.99. The zero-order valence-electron chi connectivity index (χ0n) is 15.6. The van der Waals surface area contributed by atoms with E-state index in [2.05, 4.69) is 20.3 Å². The van der Waals surface area contributed by atoms with Gasteiger partial charge < -0.3 is 15.6 Å². The third-order valence-corrected chi connectivity index (χ3v) is 4.50. The third-order valence-electron chi connectivity index (χ3n) is 3.91. The Bertz CT molecular complexity index is 1280. The van der Waals surface area contributed by atoms with Crippen molar-refractivity contribution in [2.75, 3.05) is 21.6 Å². The number of rotatable bonds is 5. The molecule has 0 bridgehead atoms. The Labute approximate surface area is 166 Å². The average Bonchev–Trinajstić information content (AvgIpc) is 2.61. The Kier molecular flexibility index (Phi) is 5.37. The Morgan fingerprint density at radius 3 is 2.34 bits per heavy atom. The van der Waals surface area contributed by atoms with Gasteiger partial charge in [0.05, 0.1) is 17.5 Å². The van der Waals surface area contributed by atoms with Gasteiger partial charge in [0.2, 0.25) is 15.9 Å². The fourth-order valence-electron chi connectivity index (χ4n) is 2.77. The van der Waals surface area contributed by atoms with Crippen LogP contribution in [-0.4, -0.2) is 31.5 Å². The van der Waals surface area contributed by atoms with E-state index in [0.29, 0.717) is 22.1 Å². The molecule has 0 radical (unpaired) electrons. The number of anilines is 3. The quantitative estimate of drug-likeness (QED) is 0.507. The van der Waals surface area contributed by atoms with Crippen molar-refractivity contribution in [2.45, 2.75) is 6.92 Å². The van der Waals surface area contributed by atoms with E-state index in [1.165, 1.54) is 31.3 Å². The minimum absolute atomic E-state index is 0.0210. The Morgan fingerprint density at radius 2 is 1.66 bits per heavy atom. The second kappa shape index (κ2) is 7.76. The summed E-state index contributed by atoms with van der Waals surface area (Å²) >= 11 is 0. The van der Waals surface area contributed by atoms with Crippen molar-refractivity contribution in [1.29, 1.82) is 0 Å². The molecule has 0 spiro atoms. The van der Waals surface area contributed by atoms with Gasteiger partial charge in [-0.3, -0.25) is 19.1 Å². The minimum Gasteiger partial charge on any atom is -0.329 e. The van der Waals surface area contributed by atoms with Crippen molar-refractivity contribution in [1.82, 2.24) is 4.98 Å². The lowest BCUT2D eigenvalue weighted by molar-refractivity contribution is -0.114. The van der Waals surface area contributed by atoms with Gasteiger partial charge in [-0.15, -0.1) is 0 Å². The van der Waals surface area contributed by atoms with E-state index in [1.807, 2.05) is 0 Å². The molecule has 2 amide bonds. The molecule has 0 saturated carbocycles. The van der Waals surface area contributed by atoms with E-state index in [0.717, 1.165) is 6.26 Å². The van der Waals surface area contributed by atoms with Crippen LogP contribution in [0.25, 0.3) is 10.8 Å². The SMILES string of the molecule is CC(=O)Nc1ccc(NS(C)(=O)=O)c(C(=O)Nc2ccc3c(=O)[nH]ccc3c2)c1. The number of H-pyrrole nitrogens is 1. The summed E-state index contributed by atoms with van der Waals surface area (Å²) in [5, 5.41) is 6.33. The van der Waals surface area contributed by atoms with E-state index in [9.17, 15) is 22.8 Å². The number of carbonyl (C=O) groups is 2. The average molecular weight is 414 g/mol. The van der Waals surface area contributed by atoms with E-state index in [-0.39, 0.29) is 22.7 Å². The summed E-state index contributed by atoms with van der Waals surface area (Å²) in [6, 6.07) is 10.7. The number of hydrogen-bond acceptors (Lipinski definition) is 5. The molecular formula is C19H18N4O5S. The molecule has 150 valence electrons. The van der Waals surface area contributed by atoms with Crippen LogP contribution in [-0.2, 0) is 14.8 Å². The zero-order valence-corrected chi connectivity index (χ0v) is 16.4. The normalized spacial score (nSPS) is 11.1. The summed E-state index contributed by atoms with van der Waals surface area (Å²) in [4.78, 5) is 38.5. The molecule has 2 aromatic carbocycles. The number of amides is 2. The van der Waals surface area contributed by atoms with Crippen LogP contribution in [0.3, 0.4) is 0 Å². The van der Waals surface area contributed by atoms with Gasteiger partial charge in [0.25, 0.3) is 11.5 Å². The molecule has 1 aromatic heterocycles. The molecule has 0 aliphatic heterocycles. The summed E-state index contributed by atoms with van der Waals surface area (Å²) in [5.41, 5.74) is 0.599. The largest absolute Gasteiger partial charge is 0.329 e. The lowest BCUT2D eigenvalue weighted by Crippen LogP contribution is -2.18. The second-order valence-corrected chi connectivity index (χ2v) is 8.13. The molecule has 0 fully saturated rings. The molecule has 0 aliphatic rings.